The van der Waals surface area contributed by atoms with E-state index in [1.165, 1.54) is 5.69 Å². The van der Waals surface area contributed by atoms with Crippen molar-refractivity contribution in [3.05, 3.63) is 11.9 Å². The van der Waals surface area contributed by atoms with E-state index in [4.69, 9.17) is 9.47 Å². The van der Waals surface area contributed by atoms with Gasteiger partial charge in [-0.15, -0.1) is 0 Å². The minimum atomic E-state index is 0.285. The highest BCUT2D eigenvalue weighted by molar-refractivity contribution is 5.29. The number of aryl methyl sites for hydroxylation is 1. The van der Waals surface area contributed by atoms with Crippen molar-refractivity contribution in [3.63, 3.8) is 0 Å². The fraction of sp³-hybridized carbons (Fsp3) is 0.786. The van der Waals surface area contributed by atoms with E-state index in [1.54, 1.807) is 7.11 Å². The van der Waals surface area contributed by atoms with Crippen LogP contribution < -0.4 is 10.1 Å². The van der Waals surface area contributed by atoms with E-state index >= 15 is 0 Å². The molecule has 1 aromatic rings. The number of rotatable bonds is 6. The van der Waals surface area contributed by atoms with Crippen molar-refractivity contribution in [1.82, 2.24) is 15.1 Å². The zero-order valence-electron chi connectivity index (χ0n) is 12.2. The van der Waals surface area contributed by atoms with Crippen LogP contribution in [0.25, 0.3) is 0 Å². The first-order valence-corrected chi connectivity index (χ1v) is 7.16. The predicted octanol–water partition coefficient (Wildman–Crippen LogP) is 1.99. The van der Waals surface area contributed by atoms with Gasteiger partial charge in [-0.25, -0.2) is 0 Å². The van der Waals surface area contributed by atoms with Gasteiger partial charge in [0, 0.05) is 19.8 Å². The second kappa shape index (κ2) is 6.91. The van der Waals surface area contributed by atoms with E-state index in [0.717, 1.165) is 44.8 Å². The van der Waals surface area contributed by atoms with Gasteiger partial charge in [-0.3, -0.25) is 4.68 Å². The average molecular weight is 267 g/mol. The van der Waals surface area contributed by atoms with Crippen LogP contribution in [0.3, 0.4) is 0 Å². The summed E-state index contributed by atoms with van der Waals surface area (Å²) in [6, 6.07) is 0.285. The van der Waals surface area contributed by atoms with Crippen molar-refractivity contribution in [3.8, 4) is 5.75 Å². The lowest BCUT2D eigenvalue weighted by Gasteiger charge is -2.31. The van der Waals surface area contributed by atoms with E-state index in [0.29, 0.717) is 5.92 Å². The first-order valence-electron chi connectivity index (χ1n) is 7.16. The van der Waals surface area contributed by atoms with Gasteiger partial charge in [0.25, 0.3) is 0 Å². The number of ether oxygens (including phenoxy) is 2. The molecule has 2 heterocycles. The van der Waals surface area contributed by atoms with E-state index < -0.39 is 0 Å². The Hall–Kier alpha value is -1.07. The van der Waals surface area contributed by atoms with Crippen LogP contribution in [-0.4, -0.2) is 37.2 Å². The minimum absolute atomic E-state index is 0.285. The summed E-state index contributed by atoms with van der Waals surface area (Å²) in [6.45, 7) is 4.81. The molecule has 0 aliphatic carbocycles. The van der Waals surface area contributed by atoms with Crippen molar-refractivity contribution in [1.29, 1.82) is 0 Å². The molecule has 108 valence electrons. The lowest BCUT2D eigenvalue weighted by molar-refractivity contribution is 0.0531. The number of methoxy groups -OCH3 is 1. The largest absolute Gasteiger partial charge is 0.493 e. The van der Waals surface area contributed by atoms with E-state index in [1.807, 2.05) is 13.2 Å². The maximum absolute atomic E-state index is 5.49. The number of aromatic nitrogens is 2. The molecule has 0 saturated carbocycles. The molecule has 2 rings (SSSR count). The lowest BCUT2D eigenvalue weighted by Crippen LogP contribution is -2.32. The summed E-state index contributed by atoms with van der Waals surface area (Å²) in [7, 11) is 3.73. The van der Waals surface area contributed by atoms with E-state index in [2.05, 4.69) is 22.0 Å². The molecule has 5 heteroatoms. The maximum atomic E-state index is 5.49. The molecule has 5 nitrogen and oxygen atoms in total. The topological polar surface area (TPSA) is 48.3 Å². The van der Waals surface area contributed by atoms with Crippen LogP contribution in [0.4, 0.5) is 0 Å². The Balaban J connectivity index is 2.26. The van der Waals surface area contributed by atoms with Gasteiger partial charge in [0.15, 0.2) is 5.75 Å². The summed E-state index contributed by atoms with van der Waals surface area (Å²) in [6.07, 6.45) is 5.08. The molecule has 1 unspecified atom stereocenters. The monoisotopic (exact) mass is 267 g/mol. The van der Waals surface area contributed by atoms with E-state index in [9.17, 15) is 0 Å². The third-order valence-electron chi connectivity index (χ3n) is 3.84. The summed E-state index contributed by atoms with van der Waals surface area (Å²) >= 11 is 0. The second-order valence-corrected chi connectivity index (χ2v) is 5.04. The minimum Gasteiger partial charge on any atom is -0.493 e. The number of hydrogen-bond donors (Lipinski definition) is 1. The van der Waals surface area contributed by atoms with Crippen molar-refractivity contribution in [2.75, 3.05) is 27.4 Å². The highest BCUT2D eigenvalue weighted by Gasteiger charge is 2.29. The summed E-state index contributed by atoms with van der Waals surface area (Å²) in [5.41, 5.74) is 1.18. The van der Waals surface area contributed by atoms with Gasteiger partial charge in [-0.05, 0) is 32.2 Å². The Labute approximate surface area is 115 Å². The maximum Gasteiger partial charge on any atom is 0.161 e. The Morgan fingerprint density at radius 3 is 2.84 bits per heavy atom. The number of nitrogens with one attached hydrogen (secondary N) is 1. The first kappa shape index (κ1) is 14.3. The highest BCUT2D eigenvalue weighted by Crippen LogP contribution is 2.34. The normalized spacial score (nSPS) is 18.5. The van der Waals surface area contributed by atoms with Crippen molar-refractivity contribution in [2.45, 2.75) is 38.8 Å². The zero-order chi connectivity index (χ0) is 13.7. The number of nitrogens with zero attached hydrogens (tertiary/aromatic N) is 2. The molecule has 19 heavy (non-hydrogen) atoms. The molecule has 1 N–H and O–H groups in total. The molecule has 1 aliphatic heterocycles. The lowest BCUT2D eigenvalue weighted by atomic mass is 9.89. The molecular weight excluding hydrogens is 242 g/mol. The molecule has 1 aliphatic rings. The second-order valence-electron chi connectivity index (χ2n) is 5.04. The number of hydrogen-bond acceptors (Lipinski definition) is 4. The van der Waals surface area contributed by atoms with Crippen molar-refractivity contribution in [2.24, 2.45) is 5.92 Å². The van der Waals surface area contributed by atoms with Gasteiger partial charge < -0.3 is 14.8 Å². The van der Waals surface area contributed by atoms with Crippen LogP contribution in [0.15, 0.2) is 6.20 Å². The van der Waals surface area contributed by atoms with Gasteiger partial charge in [0.1, 0.15) is 0 Å². The first-order chi connectivity index (χ1) is 9.31. The van der Waals surface area contributed by atoms with Crippen LogP contribution in [0.1, 0.15) is 37.9 Å². The van der Waals surface area contributed by atoms with Gasteiger partial charge in [0.2, 0.25) is 0 Å². The third kappa shape index (κ3) is 3.09. The molecule has 1 fully saturated rings. The molecule has 0 radical (unpaired) electrons. The Kier molecular flexibility index (Phi) is 5.22. The zero-order valence-corrected chi connectivity index (χ0v) is 12.2. The molecule has 1 saturated heterocycles. The molecule has 0 spiro atoms. The van der Waals surface area contributed by atoms with Crippen LogP contribution in [-0.2, 0) is 11.3 Å². The van der Waals surface area contributed by atoms with Crippen molar-refractivity contribution >= 4 is 0 Å². The Morgan fingerprint density at radius 2 is 2.26 bits per heavy atom. The van der Waals surface area contributed by atoms with E-state index in [-0.39, 0.29) is 6.04 Å². The SMILES string of the molecule is CCCn1ncc(OC)c1C(NC)C1CCOCC1. The summed E-state index contributed by atoms with van der Waals surface area (Å²) in [5, 5.41) is 7.91. The molecule has 0 amide bonds. The Bertz CT molecular complexity index is 386. The fourth-order valence-electron chi connectivity index (χ4n) is 2.88. The smallest absolute Gasteiger partial charge is 0.161 e. The van der Waals surface area contributed by atoms with Crippen LogP contribution >= 0.6 is 0 Å². The average Bonchev–Trinajstić information content (AvgIpc) is 2.85. The molecule has 0 bridgehead atoms. The Morgan fingerprint density at radius 1 is 1.53 bits per heavy atom. The molecule has 1 aromatic heterocycles. The predicted molar refractivity (Wildman–Crippen MR) is 74.4 cm³/mol. The third-order valence-corrected chi connectivity index (χ3v) is 3.84. The van der Waals surface area contributed by atoms with Crippen molar-refractivity contribution < 1.29 is 9.47 Å². The molecular formula is C14H25N3O2. The summed E-state index contributed by atoms with van der Waals surface area (Å²) < 4.78 is 13.0. The van der Waals surface area contributed by atoms with Crippen LogP contribution in [0, 0.1) is 5.92 Å². The van der Waals surface area contributed by atoms with Gasteiger partial charge in [0.05, 0.1) is 25.0 Å². The van der Waals surface area contributed by atoms with Gasteiger partial charge >= 0.3 is 0 Å². The summed E-state index contributed by atoms with van der Waals surface area (Å²) in [4.78, 5) is 0. The highest BCUT2D eigenvalue weighted by atomic mass is 16.5. The van der Waals surface area contributed by atoms with Crippen LogP contribution in [0.5, 0.6) is 5.75 Å². The molecule has 0 aromatic carbocycles. The van der Waals surface area contributed by atoms with Gasteiger partial charge in [-0.2, -0.15) is 5.10 Å². The van der Waals surface area contributed by atoms with Crippen LogP contribution in [0.2, 0.25) is 0 Å². The fourth-order valence-corrected chi connectivity index (χ4v) is 2.88. The molecule has 1 atom stereocenters. The quantitative estimate of drug-likeness (QED) is 0.856. The summed E-state index contributed by atoms with van der Waals surface area (Å²) in [5.74, 6) is 1.47. The van der Waals surface area contributed by atoms with Gasteiger partial charge in [-0.1, -0.05) is 6.92 Å². The standard InChI is InChI=1S/C14H25N3O2/c1-4-7-17-14(12(18-3)10-16-17)13(15-2)11-5-8-19-9-6-11/h10-11,13,15H,4-9H2,1-3H3.